The Hall–Kier alpha value is -2.26. The van der Waals surface area contributed by atoms with Gasteiger partial charge in [0, 0.05) is 11.1 Å². The number of hydrogen-bond donors (Lipinski definition) is 1. The summed E-state index contributed by atoms with van der Waals surface area (Å²) in [5, 5.41) is 4.34. The summed E-state index contributed by atoms with van der Waals surface area (Å²) in [7, 11) is 0. The van der Waals surface area contributed by atoms with Crippen LogP contribution in [0, 0.1) is 6.92 Å². The van der Waals surface area contributed by atoms with Crippen molar-refractivity contribution in [1.29, 1.82) is 0 Å². The van der Waals surface area contributed by atoms with E-state index in [1.54, 1.807) is 0 Å². The number of para-hydroxylation sites is 1. The minimum atomic E-state index is 0.639. The van der Waals surface area contributed by atoms with Crippen molar-refractivity contribution < 1.29 is 0 Å². The lowest BCUT2D eigenvalue weighted by Crippen LogP contribution is -2.12. The summed E-state index contributed by atoms with van der Waals surface area (Å²) < 4.78 is 0. The first-order chi connectivity index (χ1) is 9.72. The normalized spacial score (nSPS) is 10.4. The molecular weight excluding hydrogens is 264 g/mol. The van der Waals surface area contributed by atoms with Crippen LogP contribution in [0.4, 0.5) is 5.69 Å². The van der Waals surface area contributed by atoms with Gasteiger partial charge in [-0.05, 0) is 31.2 Å². The van der Waals surface area contributed by atoms with Crippen molar-refractivity contribution in [2.45, 2.75) is 6.92 Å². The smallest absolute Gasteiger partial charge is 0.129 e. The van der Waals surface area contributed by atoms with Crippen LogP contribution in [0.15, 0.2) is 60.7 Å². The Kier molecular flexibility index (Phi) is 3.44. The average Bonchev–Trinajstić information content (AvgIpc) is 2.49. The number of benzene rings is 2. The zero-order valence-corrected chi connectivity index (χ0v) is 11.9. The largest absolute Gasteiger partial charge is 0.345 e. The monoisotopic (exact) mass is 278 g/mol. The van der Waals surface area contributed by atoms with E-state index in [9.17, 15) is 0 Å². The van der Waals surface area contributed by atoms with Gasteiger partial charge in [0.25, 0.3) is 0 Å². The van der Waals surface area contributed by atoms with E-state index in [1.165, 1.54) is 5.56 Å². The Balaban J connectivity index is 1.86. The van der Waals surface area contributed by atoms with Crippen LogP contribution in [0.25, 0.3) is 10.9 Å². The molecule has 0 spiro atoms. The Morgan fingerprint density at radius 1 is 0.950 bits per heavy atom. The first-order valence-corrected chi connectivity index (χ1v) is 6.87. The summed E-state index contributed by atoms with van der Waals surface area (Å²) in [5.41, 5.74) is 3.96. The van der Waals surface area contributed by atoms with Crippen molar-refractivity contribution in [2.24, 2.45) is 0 Å². The van der Waals surface area contributed by atoms with Gasteiger partial charge in [0.2, 0.25) is 0 Å². The molecule has 0 atom stereocenters. The van der Waals surface area contributed by atoms with Crippen LogP contribution in [0.1, 0.15) is 11.3 Å². The highest BCUT2D eigenvalue weighted by Crippen LogP contribution is 2.14. The van der Waals surface area contributed by atoms with Gasteiger partial charge in [0.05, 0.1) is 11.2 Å². The molecule has 1 heterocycles. The molecule has 3 heteroatoms. The molecule has 3 aromatic rings. The quantitative estimate of drug-likeness (QED) is 0.706. The second-order valence-electron chi connectivity index (χ2n) is 4.71. The fourth-order valence-corrected chi connectivity index (χ4v) is 2.26. The molecule has 20 heavy (non-hydrogen) atoms. The summed E-state index contributed by atoms with van der Waals surface area (Å²) in [6, 6.07) is 20.2. The predicted octanol–water partition coefficient (Wildman–Crippen LogP) is 4.33. The molecule has 0 amide bonds. The standard InChI is InChI=1S/C17H14N2S/c1-12-6-9-14(10-7-12)18-17(20)16-11-8-13-4-2-3-5-15(13)19-16/h2-11H,1H3,(H,18,20). The van der Waals surface area contributed by atoms with Crippen molar-refractivity contribution in [1.82, 2.24) is 4.98 Å². The maximum atomic E-state index is 5.42. The van der Waals surface area contributed by atoms with Crippen LogP contribution in [-0.4, -0.2) is 9.97 Å². The van der Waals surface area contributed by atoms with Crippen molar-refractivity contribution in [2.75, 3.05) is 5.32 Å². The summed E-state index contributed by atoms with van der Waals surface area (Å²) >= 11 is 5.42. The summed E-state index contributed by atoms with van der Waals surface area (Å²) in [4.78, 5) is 5.22. The van der Waals surface area contributed by atoms with Gasteiger partial charge in [-0.25, -0.2) is 4.98 Å². The zero-order valence-electron chi connectivity index (χ0n) is 11.1. The molecule has 0 aliphatic carbocycles. The van der Waals surface area contributed by atoms with Crippen molar-refractivity contribution in [3.63, 3.8) is 0 Å². The summed E-state index contributed by atoms with van der Waals surface area (Å²) in [6.07, 6.45) is 0. The maximum absolute atomic E-state index is 5.42. The topological polar surface area (TPSA) is 24.9 Å². The van der Waals surface area contributed by atoms with Gasteiger partial charge < -0.3 is 5.32 Å². The number of hydrogen-bond acceptors (Lipinski definition) is 2. The molecule has 1 N–H and O–H groups in total. The molecule has 0 saturated carbocycles. The Labute approximate surface area is 123 Å². The molecule has 1 aromatic heterocycles. The van der Waals surface area contributed by atoms with E-state index < -0.39 is 0 Å². The second kappa shape index (κ2) is 5.39. The van der Waals surface area contributed by atoms with Crippen LogP contribution in [0.3, 0.4) is 0 Å². The Bertz CT molecular complexity index is 763. The van der Waals surface area contributed by atoms with Gasteiger partial charge in [-0.1, -0.05) is 54.2 Å². The van der Waals surface area contributed by atoms with Crippen LogP contribution < -0.4 is 5.32 Å². The van der Waals surface area contributed by atoms with Crippen LogP contribution in [-0.2, 0) is 0 Å². The highest BCUT2D eigenvalue weighted by atomic mass is 32.1. The molecule has 2 nitrogen and oxygen atoms in total. The molecular formula is C17H14N2S. The number of aromatic nitrogens is 1. The fourth-order valence-electron chi connectivity index (χ4n) is 2.02. The lowest BCUT2D eigenvalue weighted by atomic mass is 10.2. The first kappa shape index (κ1) is 12.8. The molecule has 0 aliphatic heterocycles. The van der Waals surface area contributed by atoms with Gasteiger partial charge in [0.15, 0.2) is 0 Å². The third-order valence-corrected chi connectivity index (χ3v) is 3.45. The van der Waals surface area contributed by atoms with Gasteiger partial charge in [-0.3, -0.25) is 0 Å². The third-order valence-electron chi connectivity index (χ3n) is 3.14. The summed E-state index contributed by atoms with van der Waals surface area (Å²) in [6.45, 7) is 2.06. The van der Waals surface area contributed by atoms with Crippen molar-refractivity contribution in [3.05, 3.63) is 71.9 Å². The molecule has 98 valence electrons. The minimum absolute atomic E-state index is 0.639. The minimum Gasteiger partial charge on any atom is -0.345 e. The number of fused-ring (bicyclic) bond motifs is 1. The molecule has 2 aromatic carbocycles. The van der Waals surface area contributed by atoms with E-state index in [1.807, 2.05) is 48.5 Å². The SMILES string of the molecule is Cc1ccc(NC(=S)c2ccc3ccccc3n2)cc1. The maximum Gasteiger partial charge on any atom is 0.129 e. The number of thiocarbonyl (C=S) groups is 1. The number of nitrogens with zero attached hydrogens (tertiary/aromatic N) is 1. The molecule has 0 unspecified atom stereocenters. The first-order valence-electron chi connectivity index (χ1n) is 6.46. The zero-order chi connectivity index (χ0) is 13.9. The fraction of sp³-hybridized carbons (Fsp3) is 0.0588. The second-order valence-corrected chi connectivity index (χ2v) is 5.12. The van der Waals surface area contributed by atoms with Gasteiger partial charge >= 0.3 is 0 Å². The molecule has 0 saturated heterocycles. The van der Waals surface area contributed by atoms with E-state index in [-0.39, 0.29) is 0 Å². The molecule has 0 aliphatic rings. The Morgan fingerprint density at radius 3 is 2.50 bits per heavy atom. The number of pyridine rings is 1. The highest BCUT2D eigenvalue weighted by molar-refractivity contribution is 7.81. The summed E-state index contributed by atoms with van der Waals surface area (Å²) in [5.74, 6) is 0. The van der Waals surface area contributed by atoms with Crippen LogP contribution in [0.2, 0.25) is 0 Å². The van der Waals surface area contributed by atoms with Crippen LogP contribution >= 0.6 is 12.2 Å². The van der Waals surface area contributed by atoms with E-state index in [4.69, 9.17) is 12.2 Å². The highest BCUT2D eigenvalue weighted by Gasteiger charge is 2.04. The predicted molar refractivity (Wildman–Crippen MR) is 88.2 cm³/mol. The lowest BCUT2D eigenvalue weighted by Gasteiger charge is -2.08. The molecule has 3 rings (SSSR count). The van der Waals surface area contributed by atoms with Crippen molar-refractivity contribution >= 4 is 33.8 Å². The van der Waals surface area contributed by atoms with Crippen molar-refractivity contribution in [3.8, 4) is 0 Å². The van der Waals surface area contributed by atoms with E-state index in [0.29, 0.717) is 4.99 Å². The van der Waals surface area contributed by atoms with Crippen LogP contribution in [0.5, 0.6) is 0 Å². The number of anilines is 1. The average molecular weight is 278 g/mol. The molecule has 0 fully saturated rings. The molecule has 0 radical (unpaired) electrons. The lowest BCUT2D eigenvalue weighted by molar-refractivity contribution is 1.37. The van der Waals surface area contributed by atoms with E-state index in [2.05, 4.69) is 29.4 Å². The van der Waals surface area contributed by atoms with Gasteiger partial charge in [-0.15, -0.1) is 0 Å². The van der Waals surface area contributed by atoms with E-state index in [0.717, 1.165) is 22.3 Å². The number of rotatable bonds is 2. The Morgan fingerprint density at radius 2 is 1.70 bits per heavy atom. The third kappa shape index (κ3) is 2.68. The van der Waals surface area contributed by atoms with E-state index >= 15 is 0 Å². The van der Waals surface area contributed by atoms with Gasteiger partial charge in [0.1, 0.15) is 4.99 Å². The van der Waals surface area contributed by atoms with Gasteiger partial charge in [-0.2, -0.15) is 0 Å². The number of nitrogens with one attached hydrogen (secondary N) is 1. The molecule has 0 bridgehead atoms. The number of aryl methyl sites for hydroxylation is 1.